The SMILES string of the molecule is CC1CN(C(=O)NC2CCCCC2C(=O)O)CCO1. The van der Waals surface area contributed by atoms with E-state index in [1.807, 2.05) is 6.92 Å². The molecule has 0 bridgehead atoms. The molecule has 0 radical (unpaired) electrons. The number of carbonyl (C=O) groups excluding carboxylic acids is 1. The fourth-order valence-corrected chi connectivity index (χ4v) is 2.85. The molecule has 108 valence electrons. The molecule has 1 saturated carbocycles. The van der Waals surface area contributed by atoms with Crippen LogP contribution in [0.1, 0.15) is 32.6 Å². The topological polar surface area (TPSA) is 78.9 Å². The number of carboxylic acid groups (broad SMARTS) is 1. The maximum absolute atomic E-state index is 12.1. The van der Waals surface area contributed by atoms with Gasteiger partial charge < -0.3 is 20.1 Å². The Morgan fingerprint density at radius 2 is 2.05 bits per heavy atom. The van der Waals surface area contributed by atoms with Crippen molar-refractivity contribution in [1.82, 2.24) is 10.2 Å². The van der Waals surface area contributed by atoms with Gasteiger partial charge in [-0.3, -0.25) is 4.79 Å². The molecule has 2 N–H and O–H groups in total. The van der Waals surface area contributed by atoms with Gasteiger partial charge in [-0.15, -0.1) is 0 Å². The maximum Gasteiger partial charge on any atom is 0.317 e. The highest BCUT2D eigenvalue weighted by atomic mass is 16.5. The number of amides is 2. The third-order valence-electron chi connectivity index (χ3n) is 3.92. The van der Waals surface area contributed by atoms with Crippen molar-refractivity contribution >= 4 is 12.0 Å². The number of hydrogen-bond acceptors (Lipinski definition) is 3. The van der Waals surface area contributed by atoms with Gasteiger partial charge in [0.1, 0.15) is 0 Å². The summed E-state index contributed by atoms with van der Waals surface area (Å²) in [6, 6.07) is -0.398. The first-order valence-corrected chi connectivity index (χ1v) is 6.98. The van der Waals surface area contributed by atoms with Crippen molar-refractivity contribution in [3.63, 3.8) is 0 Å². The summed E-state index contributed by atoms with van der Waals surface area (Å²) in [4.78, 5) is 25.0. The van der Waals surface area contributed by atoms with Crippen LogP contribution in [-0.4, -0.2) is 53.8 Å². The Bertz CT molecular complexity index is 348. The molecule has 2 rings (SSSR count). The molecule has 3 unspecified atom stereocenters. The summed E-state index contributed by atoms with van der Waals surface area (Å²) >= 11 is 0. The normalized spacial score (nSPS) is 31.8. The first-order chi connectivity index (χ1) is 9.08. The van der Waals surface area contributed by atoms with Crippen molar-refractivity contribution in [3.05, 3.63) is 0 Å². The standard InChI is InChI=1S/C13H22N2O4/c1-9-8-15(6-7-19-9)13(18)14-11-5-3-2-4-10(11)12(16)17/h9-11H,2-8H2,1H3,(H,14,18)(H,16,17). The second-order valence-corrected chi connectivity index (χ2v) is 5.41. The smallest absolute Gasteiger partial charge is 0.317 e. The van der Waals surface area contributed by atoms with Crippen LogP contribution in [0.25, 0.3) is 0 Å². The van der Waals surface area contributed by atoms with Crippen molar-refractivity contribution in [2.45, 2.75) is 44.8 Å². The van der Waals surface area contributed by atoms with Crippen LogP contribution in [0.3, 0.4) is 0 Å². The molecule has 0 aromatic rings. The number of morpholine rings is 1. The molecule has 1 heterocycles. The zero-order chi connectivity index (χ0) is 13.8. The van der Waals surface area contributed by atoms with Gasteiger partial charge in [0.25, 0.3) is 0 Å². The summed E-state index contributed by atoms with van der Waals surface area (Å²) in [6.07, 6.45) is 3.36. The van der Waals surface area contributed by atoms with E-state index < -0.39 is 11.9 Å². The number of carbonyl (C=O) groups is 2. The Hall–Kier alpha value is -1.30. The van der Waals surface area contributed by atoms with E-state index in [0.717, 1.165) is 19.3 Å². The monoisotopic (exact) mass is 270 g/mol. The molecule has 1 aliphatic heterocycles. The van der Waals surface area contributed by atoms with E-state index in [4.69, 9.17) is 4.74 Å². The summed E-state index contributed by atoms with van der Waals surface area (Å²) in [7, 11) is 0. The number of hydrogen-bond donors (Lipinski definition) is 2. The van der Waals surface area contributed by atoms with Crippen LogP contribution in [0.5, 0.6) is 0 Å². The second-order valence-electron chi connectivity index (χ2n) is 5.41. The summed E-state index contributed by atoms with van der Waals surface area (Å²) in [5.41, 5.74) is 0. The van der Waals surface area contributed by atoms with E-state index in [9.17, 15) is 14.7 Å². The summed E-state index contributed by atoms with van der Waals surface area (Å²) in [5, 5.41) is 12.1. The maximum atomic E-state index is 12.1. The third kappa shape index (κ3) is 3.59. The van der Waals surface area contributed by atoms with Crippen molar-refractivity contribution in [2.24, 2.45) is 5.92 Å². The van der Waals surface area contributed by atoms with Crippen LogP contribution >= 0.6 is 0 Å². The molecule has 2 aliphatic rings. The average molecular weight is 270 g/mol. The lowest BCUT2D eigenvalue weighted by atomic mass is 9.84. The molecule has 2 amide bonds. The van der Waals surface area contributed by atoms with Crippen molar-refractivity contribution < 1.29 is 19.4 Å². The van der Waals surface area contributed by atoms with Gasteiger partial charge in [0.15, 0.2) is 0 Å². The summed E-state index contributed by atoms with van der Waals surface area (Å²) < 4.78 is 5.39. The van der Waals surface area contributed by atoms with Crippen molar-refractivity contribution in [3.8, 4) is 0 Å². The number of urea groups is 1. The van der Waals surface area contributed by atoms with Gasteiger partial charge in [0.2, 0.25) is 0 Å². The summed E-state index contributed by atoms with van der Waals surface area (Å²) in [6.45, 7) is 3.61. The Morgan fingerprint density at radius 3 is 2.74 bits per heavy atom. The molecule has 0 spiro atoms. The minimum Gasteiger partial charge on any atom is -0.481 e. The van der Waals surface area contributed by atoms with Gasteiger partial charge in [-0.05, 0) is 19.8 Å². The number of carboxylic acids is 1. The van der Waals surface area contributed by atoms with E-state index in [2.05, 4.69) is 5.32 Å². The van der Waals surface area contributed by atoms with E-state index in [-0.39, 0.29) is 18.2 Å². The molecule has 2 fully saturated rings. The molecule has 19 heavy (non-hydrogen) atoms. The number of ether oxygens (including phenoxy) is 1. The molecule has 1 saturated heterocycles. The highest BCUT2D eigenvalue weighted by Gasteiger charge is 2.33. The van der Waals surface area contributed by atoms with Crippen LogP contribution in [0.2, 0.25) is 0 Å². The molecule has 1 aliphatic carbocycles. The van der Waals surface area contributed by atoms with Crippen LogP contribution < -0.4 is 5.32 Å². The number of nitrogens with one attached hydrogen (secondary N) is 1. The zero-order valence-electron chi connectivity index (χ0n) is 11.3. The van der Waals surface area contributed by atoms with Crippen LogP contribution in [0, 0.1) is 5.92 Å². The molecular weight excluding hydrogens is 248 g/mol. The Labute approximate surface area is 113 Å². The lowest BCUT2D eigenvalue weighted by molar-refractivity contribution is -0.143. The van der Waals surface area contributed by atoms with E-state index in [1.54, 1.807) is 4.90 Å². The predicted octanol–water partition coefficient (Wildman–Crippen LogP) is 1.06. The molecule has 6 heteroatoms. The van der Waals surface area contributed by atoms with Gasteiger partial charge in [-0.25, -0.2) is 4.79 Å². The van der Waals surface area contributed by atoms with Crippen molar-refractivity contribution in [2.75, 3.05) is 19.7 Å². The number of nitrogens with zero attached hydrogens (tertiary/aromatic N) is 1. The summed E-state index contributed by atoms with van der Waals surface area (Å²) in [5.74, 6) is -1.25. The molecule has 0 aromatic heterocycles. The van der Waals surface area contributed by atoms with E-state index >= 15 is 0 Å². The Balaban J connectivity index is 1.91. The Morgan fingerprint density at radius 1 is 1.32 bits per heavy atom. The van der Waals surface area contributed by atoms with Gasteiger partial charge >= 0.3 is 12.0 Å². The van der Waals surface area contributed by atoms with Crippen molar-refractivity contribution in [1.29, 1.82) is 0 Å². The van der Waals surface area contributed by atoms with Gasteiger partial charge in [0.05, 0.1) is 18.6 Å². The van der Waals surface area contributed by atoms with Gasteiger partial charge in [0, 0.05) is 19.1 Å². The fraction of sp³-hybridized carbons (Fsp3) is 0.846. The predicted molar refractivity (Wildman–Crippen MR) is 68.9 cm³/mol. The molecule has 0 aromatic carbocycles. The quantitative estimate of drug-likeness (QED) is 0.786. The zero-order valence-corrected chi connectivity index (χ0v) is 11.3. The lowest BCUT2D eigenvalue weighted by Crippen LogP contribution is -2.54. The van der Waals surface area contributed by atoms with E-state index in [1.165, 1.54) is 0 Å². The largest absolute Gasteiger partial charge is 0.481 e. The van der Waals surface area contributed by atoms with Crippen LogP contribution in [0.4, 0.5) is 4.79 Å². The minimum absolute atomic E-state index is 0.0427. The Kier molecular flexibility index (Phi) is 4.63. The van der Waals surface area contributed by atoms with Gasteiger partial charge in [-0.2, -0.15) is 0 Å². The second kappa shape index (κ2) is 6.23. The first-order valence-electron chi connectivity index (χ1n) is 6.98. The van der Waals surface area contributed by atoms with Crippen LogP contribution in [-0.2, 0) is 9.53 Å². The van der Waals surface area contributed by atoms with Crippen LogP contribution in [0.15, 0.2) is 0 Å². The molecule has 6 nitrogen and oxygen atoms in total. The fourth-order valence-electron chi connectivity index (χ4n) is 2.85. The highest BCUT2D eigenvalue weighted by molar-refractivity contribution is 5.77. The third-order valence-corrected chi connectivity index (χ3v) is 3.92. The molecule has 3 atom stereocenters. The lowest BCUT2D eigenvalue weighted by Gasteiger charge is -2.35. The minimum atomic E-state index is -0.805. The number of rotatable bonds is 2. The highest BCUT2D eigenvalue weighted by Crippen LogP contribution is 2.25. The first kappa shape index (κ1) is 14.1. The van der Waals surface area contributed by atoms with E-state index in [0.29, 0.717) is 26.1 Å². The average Bonchev–Trinajstić information content (AvgIpc) is 2.39. The number of aliphatic carboxylic acids is 1. The van der Waals surface area contributed by atoms with Gasteiger partial charge in [-0.1, -0.05) is 12.8 Å². The molecular formula is C13H22N2O4.